The van der Waals surface area contributed by atoms with Crippen molar-refractivity contribution < 1.29 is 13.6 Å². The molecule has 1 saturated heterocycles. The number of aryl methyl sites for hydroxylation is 1. The average molecular weight is 252 g/mol. The highest BCUT2D eigenvalue weighted by atomic mass is 19.1. The molecule has 2 N–H and O–H groups in total. The topological polar surface area (TPSA) is 41.1 Å². The second-order valence-electron chi connectivity index (χ2n) is 5.04. The predicted octanol–water partition coefficient (Wildman–Crippen LogP) is 1.22. The molecule has 2 atom stereocenters. The fourth-order valence-electron chi connectivity index (χ4n) is 2.72. The Hall–Kier alpha value is -1.49. The number of fused-ring (bicyclic) bond motifs is 1. The smallest absolute Gasteiger partial charge is 0.257 e. The number of rotatable bonds is 2. The van der Waals surface area contributed by atoms with Crippen LogP contribution in [-0.4, -0.2) is 25.0 Å². The van der Waals surface area contributed by atoms with E-state index in [9.17, 15) is 13.6 Å². The highest BCUT2D eigenvalue weighted by Crippen LogP contribution is 2.41. The highest BCUT2D eigenvalue weighted by molar-refractivity contribution is 5.95. The van der Waals surface area contributed by atoms with Crippen molar-refractivity contribution in [3.8, 4) is 0 Å². The van der Waals surface area contributed by atoms with Gasteiger partial charge in [0.15, 0.2) is 0 Å². The number of hydrogen-bond donors (Lipinski definition) is 2. The van der Waals surface area contributed by atoms with Crippen LogP contribution in [0.2, 0.25) is 0 Å². The monoisotopic (exact) mass is 252 g/mol. The van der Waals surface area contributed by atoms with Crippen molar-refractivity contribution in [2.45, 2.75) is 13.0 Å². The molecule has 2 aliphatic rings. The number of carbonyl (C=O) groups excluding carboxylic acids is 1. The molecule has 96 valence electrons. The molecule has 1 aliphatic carbocycles. The molecule has 18 heavy (non-hydrogen) atoms. The fourth-order valence-corrected chi connectivity index (χ4v) is 2.72. The van der Waals surface area contributed by atoms with Crippen LogP contribution in [0, 0.1) is 30.4 Å². The van der Waals surface area contributed by atoms with Crippen molar-refractivity contribution >= 4 is 5.91 Å². The molecule has 0 bridgehead atoms. The molecule has 1 aliphatic heterocycles. The maximum absolute atomic E-state index is 13.8. The number of piperidine rings is 1. The Morgan fingerprint density at radius 1 is 1.33 bits per heavy atom. The SMILES string of the molecule is Cc1ccc(F)c(C(=O)NC2C3CNCC32)c1F. The van der Waals surface area contributed by atoms with E-state index in [1.807, 2.05) is 0 Å². The fraction of sp³-hybridized carbons (Fsp3) is 0.462. The van der Waals surface area contributed by atoms with E-state index < -0.39 is 23.1 Å². The summed E-state index contributed by atoms with van der Waals surface area (Å²) < 4.78 is 27.3. The predicted molar refractivity (Wildman–Crippen MR) is 62.2 cm³/mol. The Kier molecular flexibility index (Phi) is 2.59. The van der Waals surface area contributed by atoms with Gasteiger partial charge in [0.05, 0.1) is 0 Å². The van der Waals surface area contributed by atoms with Gasteiger partial charge in [-0.25, -0.2) is 8.78 Å². The number of amides is 1. The Balaban J connectivity index is 1.78. The molecule has 1 aromatic carbocycles. The molecular weight excluding hydrogens is 238 g/mol. The Bertz CT molecular complexity index is 508. The van der Waals surface area contributed by atoms with Gasteiger partial charge in [-0.1, -0.05) is 6.07 Å². The zero-order chi connectivity index (χ0) is 12.9. The van der Waals surface area contributed by atoms with E-state index in [-0.39, 0.29) is 11.6 Å². The van der Waals surface area contributed by atoms with Crippen LogP contribution in [0.3, 0.4) is 0 Å². The maximum atomic E-state index is 13.8. The molecule has 2 fully saturated rings. The number of nitrogens with one attached hydrogen (secondary N) is 2. The van der Waals surface area contributed by atoms with Gasteiger partial charge in [0, 0.05) is 19.1 Å². The van der Waals surface area contributed by atoms with Gasteiger partial charge in [0.25, 0.3) is 5.91 Å². The summed E-state index contributed by atoms with van der Waals surface area (Å²) in [6.45, 7) is 3.25. The molecule has 3 nitrogen and oxygen atoms in total. The van der Waals surface area contributed by atoms with Crippen LogP contribution in [-0.2, 0) is 0 Å². The van der Waals surface area contributed by atoms with Crippen LogP contribution in [0.4, 0.5) is 8.78 Å². The third-order valence-corrected chi connectivity index (χ3v) is 3.90. The average Bonchev–Trinajstić information content (AvgIpc) is 2.76. The largest absolute Gasteiger partial charge is 0.348 e. The second kappa shape index (κ2) is 4.02. The van der Waals surface area contributed by atoms with Crippen molar-refractivity contribution in [3.63, 3.8) is 0 Å². The van der Waals surface area contributed by atoms with Crippen LogP contribution >= 0.6 is 0 Å². The Morgan fingerprint density at radius 2 is 2.00 bits per heavy atom. The quantitative estimate of drug-likeness (QED) is 0.831. The summed E-state index contributed by atoms with van der Waals surface area (Å²) in [5.41, 5.74) is -0.188. The van der Waals surface area contributed by atoms with Gasteiger partial charge in [-0.3, -0.25) is 4.79 Å². The van der Waals surface area contributed by atoms with E-state index in [0.29, 0.717) is 11.8 Å². The standard InChI is InChI=1S/C13H14F2N2O/c1-6-2-3-9(14)10(11(6)15)13(18)17-12-7-4-16-5-8(7)12/h2-3,7-8,12,16H,4-5H2,1H3,(H,17,18). The first kappa shape index (κ1) is 11.6. The van der Waals surface area contributed by atoms with Crippen molar-refractivity contribution in [1.82, 2.24) is 10.6 Å². The molecule has 1 amide bonds. The first-order valence-corrected chi connectivity index (χ1v) is 6.06. The van der Waals surface area contributed by atoms with Crippen LogP contribution in [0.25, 0.3) is 0 Å². The van der Waals surface area contributed by atoms with Crippen LogP contribution in [0.15, 0.2) is 12.1 Å². The first-order chi connectivity index (χ1) is 8.59. The summed E-state index contributed by atoms with van der Waals surface area (Å²) in [5.74, 6) is -1.38. The molecule has 5 heteroatoms. The van der Waals surface area contributed by atoms with E-state index >= 15 is 0 Å². The maximum Gasteiger partial charge on any atom is 0.257 e. The van der Waals surface area contributed by atoms with E-state index in [1.165, 1.54) is 13.0 Å². The van der Waals surface area contributed by atoms with Gasteiger partial charge >= 0.3 is 0 Å². The summed E-state index contributed by atoms with van der Waals surface area (Å²) in [6, 6.07) is 2.53. The van der Waals surface area contributed by atoms with Gasteiger partial charge in [-0.2, -0.15) is 0 Å². The lowest BCUT2D eigenvalue weighted by molar-refractivity contribution is 0.0938. The van der Waals surface area contributed by atoms with Gasteiger partial charge in [-0.05, 0) is 30.4 Å². The lowest BCUT2D eigenvalue weighted by atomic mass is 10.1. The number of hydrogen-bond acceptors (Lipinski definition) is 2. The third-order valence-electron chi connectivity index (χ3n) is 3.90. The molecule has 1 heterocycles. The van der Waals surface area contributed by atoms with Gasteiger partial charge in [0.1, 0.15) is 17.2 Å². The zero-order valence-corrected chi connectivity index (χ0v) is 9.97. The minimum Gasteiger partial charge on any atom is -0.348 e. The minimum absolute atomic E-state index is 0.0677. The minimum atomic E-state index is -0.806. The van der Waals surface area contributed by atoms with E-state index in [0.717, 1.165) is 19.2 Å². The van der Waals surface area contributed by atoms with Gasteiger partial charge < -0.3 is 10.6 Å². The van der Waals surface area contributed by atoms with E-state index in [2.05, 4.69) is 10.6 Å². The van der Waals surface area contributed by atoms with Crippen molar-refractivity contribution in [1.29, 1.82) is 0 Å². The lowest BCUT2D eigenvalue weighted by Crippen LogP contribution is -2.33. The van der Waals surface area contributed by atoms with Crippen molar-refractivity contribution in [2.75, 3.05) is 13.1 Å². The summed E-state index contributed by atoms with van der Waals surface area (Å²) in [4.78, 5) is 11.9. The van der Waals surface area contributed by atoms with Crippen LogP contribution in [0.1, 0.15) is 15.9 Å². The molecule has 0 aromatic heterocycles. The van der Waals surface area contributed by atoms with E-state index in [4.69, 9.17) is 0 Å². The number of carbonyl (C=O) groups is 1. The van der Waals surface area contributed by atoms with E-state index in [1.54, 1.807) is 0 Å². The highest BCUT2D eigenvalue weighted by Gasteiger charge is 2.53. The molecule has 1 saturated carbocycles. The summed E-state index contributed by atoms with van der Waals surface area (Å²) in [6.07, 6.45) is 0. The van der Waals surface area contributed by atoms with Crippen LogP contribution < -0.4 is 10.6 Å². The number of benzene rings is 1. The zero-order valence-electron chi connectivity index (χ0n) is 9.97. The second-order valence-corrected chi connectivity index (χ2v) is 5.04. The van der Waals surface area contributed by atoms with Crippen molar-refractivity contribution in [3.05, 3.63) is 34.9 Å². The van der Waals surface area contributed by atoms with Crippen LogP contribution in [0.5, 0.6) is 0 Å². The molecular formula is C13H14F2N2O. The lowest BCUT2D eigenvalue weighted by Gasteiger charge is -2.10. The van der Waals surface area contributed by atoms with Gasteiger partial charge in [-0.15, -0.1) is 0 Å². The number of halogens is 2. The Morgan fingerprint density at radius 3 is 2.67 bits per heavy atom. The molecule has 0 spiro atoms. The normalized spacial score (nSPS) is 28.9. The molecule has 2 unspecified atom stereocenters. The summed E-state index contributed by atoms with van der Waals surface area (Å²) in [5, 5.41) is 5.92. The Labute approximate surface area is 104 Å². The first-order valence-electron chi connectivity index (χ1n) is 6.06. The molecule has 0 radical (unpaired) electrons. The third kappa shape index (κ3) is 1.70. The summed E-state index contributed by atoms with van der Waals surface area (Å²) >= 11 is 0. The molecule has 1 aromatic rings. The van der Waals surface area contributed by atoms with Gasteiger partial charge in [0.2, 0.25) is 0 Å². The van der Waals surface area contributed by atoms with Crippen molar-refractivity contribution in [2.24, 2.45) is 11.8 Å². The summed E-state index contributed by atoms with van der Waals surface area (Å²) in [7, 11) is 0. The molecule has 3 rings (SSSR count).